The Morgan fingerprint density at radius 3 is 1.96 bits per heavy atom. The fourth-order valence-corrected chi connectivity index (χ4v) is 3.49. The predicted molar refractivity (Wildman–Crippen MR) is 96.0 cm³/mol. The third-order valence-electron chi connectivity index (χ3n) is 3.96. The molecule has 0 saturated carbocycles. The number of amides is 1. The summed E-state index contributed by atoms with van der Waals surface area (Å²) < 4.78 is 0. The maximum absolute atomic E-state index is 12.4. The molecule has 3 heteroatoms. The van der Waals surface area contributed by atoms with Crippen molar-refractivity contribution in [3.05, 3.63) is 94.2 Å². The molecule has 1 N–H and O–H groups in total. The van der Waals surface area contributed by atoms with E-state index in [9.17, 15) is 4.79 Å². The summed E-state index contributed by atoms with van der Waals surface area (Å²) in [5.74, 6) is 0.107. The van der Waals surface area contributed by atoms with Crippen LogP contribution in [0.25, 0.3) is 0 Å². The summed E-state index contributed by atoms with van der Waals surface area (Å²) in [5, 5.41) is 6.95. The molecule has 23 heavy (non-hydrogen) atoms. The van der Waals surface area contributed by atoms with Gasteiger partial charge in [0.15, 0.2) is 0 Å². The molecule has 0 fully saturated rings. The fraction of sp³-hybridized carbons (Fsp3) is 0.150. The molecule has 0 bridgehead atoms. The van der Waals surface area contributed by atoms with Crippen LogP contribution in [0.4, 0.5) is 0 Å². The van der Waals surface area contributed by atoms with Crippen LogP contribution in [0.5, 0.6) is 0 Å². The van der Waals surface area contributed by atoms with E-state index in [2.05, 4.69) is 36.5 Å². The Labute approximate surface area is 140 Å². The standard InChI is InChI=1S/C20H19NOS/c1-15(21-20(22)18-12-13-23-14-18)19(16-8-4-2-5-9-16)17-10-6-3-7-11-17/h2-15,19H,1H3,(H,21,22). The Morgan fingerprint density at radius 1 is 0.913 bits per heavy atom. The average Bonchev–Trinajstić information content (AvgIpc) is 3.12. The van der Waals surface area contributed by atoms with Gasteiger partial charge in [-0.1, -0.05) is 60.7 Å². The first-order chi connectivity index (χ1) is 11.3. The van der Waals surface area contributed by atoms with Gasteiger partial charge in [0, 0.05) is 22.9 Å². The van der Waals surface area contributed by atoms with E-state index in [1.807, 2.05) is 53.2 Å². The highest BCUT2D eigenvalue weighted by atomic mass is 32.1. The first-order valence-corrected chi connectivity index (χ1v) is 8.63. The van der Waals surface area contributed by atoms with Crippen LogP contribution < -0.4 is 5.32 Å². The molecule has 1 atom stereocenters. The van der Waals surface area contributed by atoms with Crippen molar-refractivity contribution < 1.29 is 4.79 Å². The molecule has 1 heterocycles. The van der Waals surface area contributed by atoms with Crippen LogP contribution >= 0.6 is 11.3 Å². The van der Waals surface area contributed by atoms with Gasteiger partial charge in [-0.2, -0.15) is 11.3 Å². The van der Waals surface area contributed by atoms with Crippen molar-refractivity contribution in [1.29, 1.82) is 0 Å². The number of benzene rings is 2. The van der Waals surface area contributed by atoms with Gasteiger partial charge in [-0.25, -0.2) is 0 Å². The number of carbonyl (C=O) groups excluding carboxylic acids is 1. The highest BCUT2D eigenvalue weighted by Crippen LogP contribution is 2.28. The second-order valence-corrected chi connectivity index (χ2v) is 6.35. The number of carbonyl (C=O) groups is 1. The van der Waals surface area contributed by atoms with Gasteiger partial charge in [0.1, 0.15) is 0 Å². The van der Waals surface area contributed by atoms with Gasteiger partial charge in [0.05, 0.1) is 0 Å². The second kappa shape index (κ2) is 7.25. The zero-order valence-electron chi connectivity index (χ0n) is 13.0. The molecule has 2 nitrogen and oxygen atoms in total. The van der Waals surface area contributed by atoms with Crippen molar-refractivity contribution in [3.8, 4) is 0 Å². The summed E-state index contributed by atoms with van der Waals surface area (Å²) >= 11 is 1.54. The van der Waals surface area contributed by atoms with Crippen LogP contribution in [0.2, 0.25) is 0 Å². The molecule has 116 valence electrons. The van der Waals surface area contributed by atoms with Crippen LogP contribution in [0, 0.1) is 0 Å². The Kier molecular flexibility index (Phi) is 4.89. The van der Waals surface area contributed by atoms with Crippen molar-refractivity contribution >= 4 is 17.2 Å². The number of hydrogen-bond donors (Lipinski definition) is 1. The van der Waals surface area contributed by atoms with Crippen molar-refractivity contribution in [2.24, 2.45) is 0 Å². The van der Waals surface area contributed by atoms with Crippen molar-refractivity contribution in [2.45, 2.75) is 18.9 Å². The summed E-state index contributed by atoms with van der Waals surface area (Å²) in [6.45, 7) is 2.06. The minimum atomic E-state index is -0.0180. The first kappa shape index (κ1) is 15.5. The van der Waals surface area contributed by atoms with E-state index in [0.717, 1.165) is 5.56 Å². The van der Waals surface area contributed by atoms with Gasteiger partial charge < -0.3 is 5.32 Å². The lowest BCUT2D eigenvalue weighted by molar-refractivity contribution is 0.0937. The Morgan fingerprint density at radius 2 is 1.48 bits per heavy atom. The first-order valence-electron chi connectivity index (χ1n) is 7.68. The van der Waals surface area contributed by atoms with Crippen LogP contribution in [0.1, 0.15) is 34.3 Å². The third-order valence-corrected chi connectivity index (χ3v) is 4.64. The largest absolute Gasteiger partial charge is 0.349 e. The average molecular weight is 321 g/mol. The summed E-state index contributed by atoms with van der Waals surface area (Å²) in [4.78, 5) is 12.4. The topological polar surface area (TPSA) is 29.1 Å². The van der Waals surface area contributed by atoms with E-state index in [4.69, 9.17) is 0 Å². The number of rotatable bonds is 5. The van der Waals surface area contributed by atoms with Gasteiger partial charge in [0.2, 0.25) is 0 Å². The minimum Gasteiger partial charge on any atom is -0.349 e. The van der Waals surface area contributed by atoms with E-state index in [1.165, 1.54) is 22.5 Å². The van der Waals surface area contributed by atoms with Gasteiger partial charge in [-0.3, -0.25) is 4.79 Å². The maximum Gasteiger partial charge on any atom is 0.252 e. The van der Waals surface area contributed by atoms with Crippen LogP contribution in [-0.4, -0.2) is 11.9 Å². The molecular formula is C20H19NOS. The van der Waals surface area contributed by atoms with Gasteiger partial charge in [-0.15, -0.1) is 0 Å². The summed E-state index contributed by atoms with van der Waals surface area (Å²) in [6, 6.07) is 22.5. The molecule has 0 aliphatic heterocycles. The Bertz CT molecular complexity index is 698. The molecule has 3 aromatic rings. The normalized spacial score (nSPS) is 12.1. The zero-order valence-corrected chi connectivity index (χ0v) is 13.8. The molecule has 0 saturated heterocycles. The summed E-state index contributed by atoms with van der Waals surface area (Å²) in [5.41, 5.74) is 3.13. The smallest absolute Gasteiger partial charge is 0.252 e. The fourth-order valence-electron chi connectivity index (χ4n) is 2.86. The number of thiophene rings is 1. The molecule has 1 unspecified atom stereocenters. The Hall–Kier alpha value is -2.39. The van der Waals surface area contributed by atoms with Gasteiger partial charge >= 0.3 is 0 Å². The molecule has 0 spiro atoms. The molecule has 2 aromatic carbocycles. The molecular weight excluding hydrogens is 302 g/mol. The van der Waals surface area contributed by atoms with E-state index in [1.54, 1.807) is 0 Å². The molecule has 0 radical (unpaired) electrons. The second-order valence-electron chi connectivity index (χ2n) is 5.57. The predicted octanol–water partition coefficient (Wildman–Crippen LogP) is 4.70. The van der Waals surface area contributed by atoms with Crippen LogP contribution in [-0.2, 0) is 0 Å². The lowest BCUT2D eigenvalue weighted by Gasteiger charge is -2.26. The highest BCUT2D eigenvalue weighted by molar-refractivity contribution is 7.08. The lowest BCUT2D eigenvalue weighted by atomic mass is 9.85. The van der Waals surface area contributed by atoms with E-state index in [0.29, 0.717) is 0 Å². The molecule has 0 aliphatic carbocycles. The SMILES string of the molecule is CC(NC(=O)c1ccsc1)C(c1ccccc1)c1ccccc1. The summed E-state index contributed by atoms with van der Waals surface area (Å²) in [6.07, 6.45) is 0. The van der Waals surface area contributed by atoms with E-state index in [-0.39, 0.29) is 17.9 Å². The quantitative estimate of drug-likeness (QED) is 0.725. The van der Waals surface area contributed by atoms with E-state index >= 15 is 0 Å². The lowest BCUT2D eigenvalue weighted by Crippen LogP contribution is -2.37. The summed E-state index contributed by atoms with van der Waals surface area (Å²) in [7, 11) is 0. The van der Waals surface area contributed by atoms with Crippen molar-refractivity contribution in [1.82, 2.24) is 5.32 Å². The number of nitrogens with one attached hydrogen (secondary N) is 1. The highest BCUT2D eigenvalue weighted by Gasteiger charge is 2.23. The zero-order chi connectivity index (χ0) is 16.1. The minimum absolute atomic E-state index is 0.00722. The number of hydrogen-bond acceptors (Lipinski definition) is 2. The monoisotopic (exact) mass is 321 g/mol. The maximum atomic E-state index is 12.4. The van der Waals surface area contributed by atoms with Gasteiger partial charge in [0.25, 0.3) is 5.91 Å². The van der Waals surface area contributed by atoms with Crippen molar-refractivity contribution in [2.75, 3.05) is 0 Å². The third kappa shape index (κ3) is 3.69. The van der Waals surface area contributed by atoms with Crippen molar-refractivity contribution in [3.63, 3.8) is 0 Å². The Balaban J connectivity index is 1.88. The van der Waals surface area contributed by atoms with Crippen LogP contribution in [0.3, 0.4) is 0 Å². The molecule has 3 rings (SSSR count). The molecule has 1 aromatic heterocycles. The van der Waals surface area contributed by atoms with Gasteiger partial charge in [-0.05, 0) is 29.5 Å². The molecule has 1 amide bonds. The van der Waals surface area contributed by atoms with E-state index < -0.39 is 0 Å². The van der Waals surface area contributed by atoms with Crippen LogP contribution in [0.15, 0.2) is 77.5 Å². The molecule has 0 aliphatic rings.